The van der Waals surface area contributed by atoms with Gasteiger partial charge in [-0.2, -0.15) is 5.10 Å². The predicted octanol–water partition coefficient (Wildman–Crippen LogP) is 1.98. The number of nitrogens with two attached hydrogens (primary N) is 1. The third kappa shape index (κ3) is 4.25. The Morgan fingerprint density at radius 2 is 2.17 bits per heavy atom. The number of nitrogens with zero attached hydrogens (tertiary/aromatic N) is 3. The molecular weight excluding hydrogens is 380 g/mol. The lowest BCUT2D eigenvalue weighted by molar-refractivity contribution is -0.142. The summed E-state index contributed by atoms with van der Waals surface area (Å²) in [5.41, 5.74) is 7.25. The zero-order valence-corrected chi connectivity index (χ0v) is 15.0. The van der Waals surface area contributed by atoms with Crippen LogP contribution in [0.4, 0.5) is 5.95 Å². The average molecular weight is 397 g/mol. The number of hydrogen-bond donors (Lipinski definition) is 1. The quantitative estimate of drug-likeness (QED) is 0.591. The molecule has 0 aliphatic carbocycles. The normalized spacial score (nSPS) is 10.8. The van der Waals surface area contributed by atoms with Crippen LogP contribution in [0, 0.1) is 6.92 Å². The maximum absolute atomic E-state index is 11.2. The molecule has 0 aliphatic rings. The fourth-order valence-corrected chi connectivity index (χ4v) is 2.26. The number of carbonyl (C=O) groups is 1. The molecule has 9 heteroatoms. The van der Waals surface area contributed by atoms with Gasteiger partial charge in [-0.3, -0.25) is 0 Å². The fraction of sp³-hybridized carbons (Fsp3) is 0.267. The number of anilines is 1. The molecule has 24 heavy (non-hydrogen) atoms. The number of aromatic nitrogens is 2. The van der Waals surface area contributed by atoms with Crippen molar-refractivity contribution in [1.82, 2.24) is 9.66 Å². The number of halogens is 1. The highest BCUT2D eigenvalue weighted by atomic mass is 79.9. The van der Waals surface area contributed by atoms with Gasteiger partial charge in [-0.1, -0.05) is 0 Å². The van der Waals surface area contributed by atoms with E-state index in [4.69, 9.17) is 15.2 Å². The highest BCUT2D eigenvalue weighted by Gasteiger charge is 2.11. The summed E-state index contributed by atoms with van der Waals surface area (Å²) in [5.74, 6) is 0.679. The van der Waals surface area contributed by atoms with Gasteiger partial charge in [0.2, 0.25) is 5.95 Å². The Morgan fingerprint density at radius 1 is 1.42 bits per heavy atom. The van der Waals surface area contributed by atoms with Crippen molar-refractivity contribution in [3.8, 4) is 11.5 Å². The van der Waals surface area contributed by atoms with Crippen LogP contribution >= 0.6 is 15.9 Å². The highest BCUT2D eigenvalue weighted by molar-refractivity contribution is 9.10. The molecule has 0 unspecified atom stereocenters. The van der Waals surface area contributed by atoms with Gasteiger partial charge >= 0.3 is 5.97 Å². The Labute approximate surface area is 147 Å². The van der Waals surface area contributed by atoms with E-state index in [2.05, 4.69) is 30.8 Å². The number of benzene rings is 1. The Kier molecular flexibility index (Phi) is 5.80. The summed E-state index contributed by atoms with van der Waals surface area (Å²) in [6.07, 6.45) is 3.32. The highest BCUT2D eigenvalue weighted by Crippen LogP contribution is 2.33. The van der Waals surface area contributed by atoms with Crippen molar-refractivity contribution < 1.29 is 19.0 Å². The number of nitrogen functional groups attached to an aromatic ring is 1. The molecule has 128 valence electrons. The predicted molar refractivity (Wildman–Crippen MR) is 92.6 cm³/mol. The molecule has 0 spiro atoms. The topological polar surface area (TPSA) is 101 Å². The number of imidazole rings is 1. The van der Waals surface area contributed by atoms with Crippen LogP contribution < -0.4 is 15.2 Å². The number of ether oxygens (including phenoxy) is 3. The number of hydrogen-bond acceptors (Lipinski definition) is 7. The summed E-state index contributed by atoms with van der Waals surface area (Å²) in [6, 6.07) is 3.41. The second-order valence-corrected chi connectivity index (χ2v) is 5.57. The van der Waals surface area contributed by atoms with Gasteiger partial charge in [-0.15, -0.1) is 0 Å². The van der Waals surface area contributed by atoms with Crippen molar-refractivity contribution in [2.45, 2.75) is 6.92 Å². The van der Waals surface area contributed by atoms with Crippen LogP contribution in [0.25, 0.3) is 0 Å². The molecule has 0 atom stereocenters. The molecule has 1 heterocycles. The number of carbonyl (C=O) groups excluding carboxylic acids is 1. The summed E-state index contributed by atoms with van der Waals surface area (Å²) in [7, 11) is 2.80. The van der Waals surface area contributed by atoms with E-state index in [1.54, 1.807) is 24.5 Å². The summed E-state index contributed by atoms with van der Waals surface area (Å²) in [6.45, 7) is 1.62. The van der Waals surface area contributed by atoms with E-state index in [0.29, 0.717) is 21.9 Å². The zero-order valence-electron chi connectivity index (χ0n) is 13.4. The molecule has 0 saturated heterocycles. The van der Waals surface area contributed by atoms with E-state index in [1.165, 1.54) is 18.9 Å². The van der Waals surface area contributed by atoms with Crippen molar-refractivity contribution in [1.29, 1.82) is 0 Å². The van der Waals surface area contributed by atoms with Crippen LogP contribution in [0.2, 0.25) is 0 Å². The second-order valence-electron chi connectivity index (χ2n) is 4.72. The van der Waals surface area contributed by atoms with Crippen LogP contribution in [-0.4, -0.2) is 42.7 Å². The second kappa shape index (κ2) is 7.82. The molecule has 1 aromatic heterocycles. The molecular formula is C15H17BrN4O4. The van der Waals surface area contributed by atoms with E-state index >= 15 is 0 Å². The third-order valence-electron chi connectivity index (χ3n) is 3.01. The number of rotatable bonds is 6. The zero-order chi connectivity index (χ0) is 17.7. The molecule has 0 fully saturated rings. The maximum Gasteiger partial charge on any atom is 0.343 e. The third-order valence-corrected chi connectivity index (χ3v) is 3.70. The van der Waals surface area contributed by atoms with Gasteiger partial charge in [0.1, 0.15) is 0 Å². The average Bonchev–Trinajstić information content (AvgIpc) is 2.89. The lowest BCUT2D eigenvalue weighted by Gasteiger charge is -2.11. The molecule has 0 radical (unpaired) electrons. The van der Waals surface area contributed by atoms with Crippen LogP contribution in [0.3, 0.4) is 0 Å². The Bertz CT molecular complexity index is 773. The van der Waals surface area contributed by atoms with Crippen molar-refractivity contribution in [2.24, 2.45) is 5.10 Å². The van der Waals surface area contributed by atoms with Gasteiger partial charge < -0.3 is 19.9 Å². The number of methoxy groups -OCH3 is 2. The van der Waals surface area contributed by atoms with E-state index in [1.807, 2.05) is 6.92 Å². The lowest BCUT2D eigenvalue weighted by atomic mass is 10.2. The van der Waals surface area contributed by atoms with Crippen molar-refractivity contribution in [3.63, 3.8) is 0 Å². The first-order chi connectivity index (χ1) is 11.4. The minimum absolute atomic E-state index is 0.211. The molecule has 1 aromatic carbocycles. The molecule has 2 rings (SSSR count). The SMILES string of the molecule is COC(=O)COc1cc(Br)c(C=Nn2cc(C)nc2N)cc1OC. The van der Waals surface area contributed by atoms with Gasteiger partial charge in [0.25, 0.3) is 0 Å². The first-order valence-corrected chi connectivity index (χ1v) is 7.67. The van der Waals surface area contributed by atoms with Gasteiger partial charge in [-0.25, -0.2) is 14.5 Å². The largest absolute Gasteiger partial charge is 0.493 e. The Balaban J connectivity index is 2.25. The number of esters is 1. The van der Waals surface area contributed by atoms with E-state index in [-0.39, 0.29) is 6.61 Å². The molecule has 0 amide bonds. The minimum Gasteiger partial charge on any atom is -0.493 e. The van der Waals surface area contributed by atoms with Crippen molar-refractivity contribution >= 4 is 34.1 Å². The molecule has 8 nitrogen and oxygen atoms in total. The first kappa shape index (κ1) is 17.8. The summed E-state index contributed by atoms with van der Waals surface area (Å²) in [4.78, 5) is 15.3. The molecule has 0 saturated carbocycles. The summed E-state index contributed by atoms with van der Waals surface area (Å²) < 4.78 is 17.4. The van der Waals surface area contributed by atoms with Gasteiger partial charge in [0, 0.05) is 10.0 Å². The van der Waals surface area contributed by atoms with Crippen LogP contribution in [0.5, 0.6) is 11.5 Å². The first-order valence-electron chi connectivity index (χ1n) is 6.87. The standard InChI is InChI=1S/C15H17BrN4O4/c1-9-7-20(15(17)19-9)18-6-10-4-12(22-2)13(5-11(10)16)24-8-14(21)23-3/h4-7H,8H2,1-3H3,(H2,17,19). The number of aryl methyl sites for hydroxylation is 1. The fourth-order valence-electron chi connectivity index (χ4n) is 1.84. The maximum atomic E-state index is 11.2. The molecule has 0 bridgehead atoms. The molecule has 2 N–H and O–H groups in total. The van der Waals surface area contributed by atoms with Crippen molar-refractivity contribution in [3.05, 3.63) is 34.1 Å². The summed E-state index contributed by atoms with van der Waals surface area (Å²) >= 11 is 3.43. The Hall–Kier alpha value is -2.55. The van der Waals surface area contributed by atoms with E-state index in [0.717, 1.165) is 11.3 Å². The van der Waals surface area contributed by atoms with Crippen LogP contribution in [0.15, 0.2) is 27.9 Å². The van der Waals surface area contributed by atoms with Crippen LogP contribution in [-0.2, 0) is 9.53 Å². The van der Waals surface area contributed by atoms with Crippen molar-refractivity contribution in [2.75, 3.05) is 26.6 Å². The van der Waals surface area contributed by atoms with Gasteiger partial charge in [0.15, 0.2) is 18.1 Å². The smallest absolute Gasteiger partial charge is 0.343 e. The minimum atomic E-state index is -0.482. The van der Waals surface area contributed by atoms with Crippen LogP contribution in [0.1, 0.15) is 11.3 Å². The van der Waals surface area contributed by atoms with Gasteiger partial charge in [-0.05, 0) is 35.0 Å². The molecule has 2 aromatic rings. The monoisotopic (exact) mass is 396 g/mol. The summed E-state index contributed by atoms with van der Waals surface area (Å²) in [5, 5.41) is 4.25. The van der Waals surface area contributed by atoms with E-state index < -0.39 is 5.97 Å². The lowest BCUT2D eigenvalue weighted by Crippen LogP contribution is -2.13. The van der Waals surface area contributed by atoms with E-state index in [9.17, 15) is 4.79 Å². The Morgan fingerprint density at radius 3 is 2.75 bits per heavy atom. The van der Waals surface area contributed by atoms with Gasteiger partial charge in [0.05, 0.1) is 32.3 Å². The molecule has 0 aliphatic heterocycles.